The Morgan fingerprint density at radius 2 is 2.00 bits per heavy atom. The lowest BCUT2D eigenvalue weighted by Gasteiger charge is -2.12. The molecule has 0 saturated carbocycles. The first-order valence-electron chi connectivity index (χ1n) is 6.85. The molecule has 4 heteroatoms. The number of alkyl halides is 1. The van der Waals surface area contributed by atoms with Gasteiger partial charge in [0.25, 0.3) is 0 Å². The number of benzene rings is 1. The quantitative estimate of drug-likeness (QED) is 0.617. The molecule has 0 aliphatic heterocycles. The van der Waals surface area contributed by atoms with E-state index in [9.17, 15) is 4.79 Å². The largest absolute Gasteiger partial charge is 0.464 e. The molecule has 0 amide bonds. The molecule has 21 heavy (non-hydrogen) atoms. The van der Waals surface area contributed by atoms with E-state index in [1.165, 1.54) is 12.7 Å². The summed E-state index contributed by atoms with van der Waals surface area (Å²) in [5.41, 5.74) is 3.22. The smallest absolute Gasteiger partial charge is 0.356 e. The molecule has 1 unspecified atom stereocenters. The van der Waals surface area contributed by atoms with Crippen LogP contribution >= 0.6 is 11.6 Å². The zero-order chi connectivity index (χ0) is 15.2. The van der Waals surface area contributed by atoms with Gasteiger partial charge in [0.2, 0.25) is 0 Å². The molecule has 0 bridgehead atoms. The highest BCUT2D eigenvalue weighted by atomic mass is 35.5. The van der Waals surface area contributed by atoms with Gasteiger partial charge in [0.15, 0.2) is 0 Å². The van der Waals surface area contributed by atoms with Crippen LogP contribution in [0.3, 0.4) is 0 Å². The number of ether oxygens (including phenoxy) is 1. The molecule has 0 saturated heterocycles. The van der Waals surface area contributed by atoms with Crippen LogP contribution in [0.4, 0.5) is 0 Å². The van der Waals surface area contributed by atoms with E-state index in [4.69, 9.17) is 16.3 Å². The Kier molecular flexibility index (Phi) is 5.34. The predicted molar refractivity (Wildman–Crippen MR) is 83.7 cm³/mol. The van der Waals surface area contributed by atoms with Crippen LogP contribution in [0, 0.1) is 6.92 Å². The van der Waals surface area contributed by atoms with Crippen molar-refractivity contribution in [3.63, 3.8) is 0 Å². The fourth-order valence-electron chi connectivity index (χ4n) is 2.19. The lowest BCUT2D eigenvalue weighted by Crippen LogP contribution is -2.07. The molecule has 0 aliphatic rings. The van der Waals surface area contributed by atoms with E-state index in [1.54, 1.807) is 6.07 Å². The molecule has 110 valence electrons. The number of hydrogen-bond acceptors (Lipinski definition) is 3. The van der Waals surface area contributed by atoms with Gasteiger partial charge in [-0.2, -0.15) is 0 Å². The molecule has 3 nitrogen and oxygen atoms in total. The molecule has 0 spiro atoms. The lowest BCUT2D eigenvalue weighted by molar-refractivity contribution is 0.0593. The molecule has 0 N–H and O–H groups in total. The third-order valence-corrected chi connectivity index (χ3v) is 3.73. The Balaban J connectivity index is 2.10. The van der Waals surface area contributed by atoms with Crippen molar-refractivity contribution in [1.82, 2.24) is 4.98 Å². The SMILES string of the molecule is COC(=O)c1cc(C(Cl)CCc2ccccc2)cc(C)n1. The number of carbonyl (C=O) groups excluding carboxylic acids is 1. The maximum atomic E-state index is 11.6. The van der Waals surface area contributed by atoms with Crippen molar-refractivity contribution in [2.24, 2.45) is 0 Å². The number of pyridine rings is 1. The zero-order valence-electron chi connectivity index (χ0n) is 12.2. The molecule has 1 aromatic carbocycles. The standard InChI is InChI=1S/C17H18ClNO2/c1-12-10-14(11-16(19-12)17(20)21-2)15(18)9-8-13-6-4-3-5-7-13/h3-7,10-11,15H,8-9H2,1-2H3. The van der Waals surface area contributed by atoms with Gasteiger partial charge in [-0.05, 0) is 43.0 Å². The molecular formula is C17H18ClNO2. The summed E-state index contributed by atoms with van der Waals surface area (Å²) in [6.07, 6.45) is 1.69. The van der Waals surface area contributed by atoms with E-state index < -0.39 is 5.97 Å². The maximum absolute atomic E-state index is 11.6. The molecule has 0 aliphatic carbocycles. The highest BCUT2D eigenvalue weighted by Gasteiger charge is 2.14. The van der Waals surface area contributed by atoms with Crippen LogP contribution in [-0.2, 0) is 11.2 Å². The number of aryl methyl sites for hydroxylation is 2. The number of carbonyl (C=O) groups is 1. The highest BCUT2D eigenvalue weighted by molar-refractivity contribution is 6.20. The second-order valence-corrected chi connectivity index (χ2v) is 5.44. The summed E-state index contributed by atoms with van der Waals surface area (Å²) < 4.78 is 4.71. The van der Waals surface area contributed by atoms with E-state index in [0.29, 0.717) is 5.69 Å². The fourth-order valence-corrected chi connectivity index (χ4v) is 2.43. The molecule has 1 heterocycles. The zero-order valence-corrected chi connectivity index (χ0v) is 12.9. The van der Waals surface area contributed by atoms with E-state index in [2.05, 4.69) is 17.1 Å². The Hall–Kier alpha value is -1.87. The van der Waals surface area contributed by atoms with Crippen molar-refractivity contribution < 1.29 is 9.53 Å². The van der Waals surface area contributed by atoms with Gasteiger partial charge in [-0.3, -0.25) is 0 Å². The van der Waals surface area contributed by atoms with Crippen LogP contribution < -0.4 is 0 Å². The van der Waals surface area contributed by atoms with Crippen molar-refractivity contribution >= 4 is 17.6 Å². The summed E-state index contributed by atoms with van der Waals surface area (Å²) in [5.74, 6) is -0.438. The second-order valence-electron chi connectivity index (χ2n) is 4.91. The maximum Gasteiger partial charge on any atom is 0.356 e. The monoisotopic (exact) mass is 303 g/mol. The van der Waals surface area contributed by atoms with E-state index in [0.717, 1.165) is 24.1 Å². The van der Waals surface area contributed by atoms with Crippen LogP contribution in [-0.4, -0.2) is 18.1 Å². The highest BCUT2D eigenvalue weighted by Crippen LogP contribution is 2.27. The van der Waals surface area contributed by atoms with Crippen LogP contribution in [0.1, 0.15) is 39.1 Å². The number of aromatic nitrogens is 1. The second kappa shape index (κ2) is 7.23. The minimum Gasteiger partial charge on any atom is -0.464 e. The van der Waals surface area contributed by atoms with Crippen LogP contribution in [0.15, 0.2) is 42.5 Å². The molecule has 1 atom stereocenters. The number of esters is 1. The van der Waals surface area contributed by atoms with Gasteiger partial charge in [0, 0.05) is 5.69 Å². The summed E-state index contributed by atoms with van der Waals surface area (Å²) in [4.78, 5) is 15.8. The summed E-state index contributed by atoms with van der Waals surface area (Å²) in [5, 5.41) is -0.157. The molecule has 2 aromatic rings. The Labute approximate surface area is 129 Å². The molecule has 0 radical (unpaired) electrons. The van der Waals surface area contributed by atoms with Gasteiger partial charge in [0.1, 0.15) is 5.69 Å². The normalized spacial score (nSPS) is 12.0. The minimum atomic E-state index is -0.438. The number of methoxy groups -OCH3 is 1. The topological polar surface area (TPSA) is 39.2 Å². The molecule has 2 rings (SSSR count). The summed E-state index contributed by atoms with van der Waals surface area (Å²) in [6.45, 7) is 1.84. The van der Waals surface area contributed by atoms with Gasteiger partial charge in [0.05, 0.1) is 12.5 Å². The van der Waals surface area contributed by atoms with Gasteiger partial charge in [-0.1, -0.05) is 30.3 Å². The first-order chi connectivity index (χ1) is 10.1. The van der Waals surface area contributed by atoms with Crippen molar-refractivity contribution in [2.75, 3.05) is 7.11 Å². The minimum absolute atomic E-state index is 0.157. The first kappa shape index (κ1) is 15.5. The average molecular weight is 304 g/mol. The third kappa shape index (κ3) is 4.30. The van der Waals surface area contributed by atoms with E-state index >= 15 is 0 Å². The van der Waals surface area contributed by atoms with E-state index in [-0.39, 0.29) is 5.38 Å². The van der Waals surface area contributed by atoms with Crippen molar-refractivity contribution in [3.05, 3.63) is 65.0 Å². The fraction of sp³-hybridized carbons (Fsp3) is 0.294. The Morgan fingerprint density at radius 3 is 2.67 bits per heavy atom. The number of nitrogens with zero attached hydrogens (tertiary/aromatic N) is 1. The van der Waals surface area contributed by atoms with E-state index in [1.807, 2.05) is 31.2 Å². The third-order valence-electron chi connectivity index (χ3n) is 3.26. The molecule has 1 aromatic heterocycles. The number of hydrogen-bond donors (Lipinski definition) is 0. The molecular weight excluding hydrogens is 286 g/mol. The van der Waals surface area contributed by atoms with Crippen molar-refractivity contribution in [1.29, 1.82) is 0 Å². The summed E-state index contributed by atoms with van der Waals surface area (Å²) >= 11 is 6.47. The lowest BCUT2D eigenvalue weighted by atomic mass is 10.0. The van der Waals surface area contributed by atoms with Gasteiger partial charge in [-0.15, -0.1) is 11.6 Å². The summed E-state index contributed by atoms with van der Waals surface area (Å²) in [6, 6.07) is 13.8. The van der Waals surface area contributed by atoms with Gasteiger partial charge < -0.3 is 4.74 Å². The number of halogens is 1. The Bertz CT molecular complexity index is 613. The average Bonchev–Trinajstić information content (AvgIpc) is 2.52. The van der Waals surface area contributed by atoms with Crippen LogP contribution in [0.5, 0.6) is 0 Å². The van der Waals surface area contributed by atoms with Crippen molar-refractivity contribution in [2.45, 2.75) is 25.1 Å². The first-order valence-corrected chi connectivity index (χ1v) is 7.28. The van der Waals surface area contributed by atoms with Gasteiger partial charge >= 0.3 is 5.97 Å². The van der Waals surface area contributed by atoms with Gasteiger partial charge in [-0.25, -0.2) is 9.78 Å². The van der Waals surface area contributed by atoms with Crippen molar-refractivity contribution in [3.8, 4) is 0 Å². The van der Waals surface area contributed by atoms with Crippen LogP contribution in [0.25, 0.3) is 0 Å². The molecule has 0 fully saturated rings. The predicted octanol–water partition coefficient (Wildman–Crippen LogP) is 4.09. The number of rotatable bonds is 5. The summed E-state index contributed by atoms with van der Waals surface area (Å²) in [7, 11) is 1.35. The Morgan fingerprint density at radius 1 is 1.29 bits per heavy atom. The van der Waals surface area contributed by atoms with Crippen LogP contribution in [0.2, 0.25) is 0 Å².